The quantitative estimate of drug-likeness (QED) is 0.161. The smallest absolute Gasteiger partial charge is 0.343 e. The Labute approximate surface area is 233 Å². The minimum absolute atomic E-state index is 0.0270. The van der Waals surface area contributed by atoms with Gasteiger partial charge in [-0.25, -0.2) is 9.59 Å². The Morgan fingerprint density at radius 2 is 1.80 bits per heavy atom. The SMILES string of the molecule is C/C=C/CCCCC[C@H]1C=C2[C@@]3(CC(=O)O)CC4=C(C(=O)OC4=O)[C@H]4[C@@H]1C[C@@H](C(=O)CC/C=C/C)O[C@@]24OC3=O. The number of ketones is 1. The highest BCUT2D eigenvalue weighted by Gasteiger charge is 2.75. The zero-order valence-corrected chi connectivity index (χ0v) is 23.0. The Balaban J connectivity index is 1.60. The first-order chi connectivity index (χ1) is 19.2. The van der Waals surface area contributed by atoms with Crippen LogP contribution in [0.15, 0.2) is 47.1 Å². The molecule has 0 aromatic rings. The van der Waals surface area contributed by atoms with Crippen LogP contribution in [0.4, 0.5) is 0 Å². The summed E-state index contributed by atoms with van der Waals surface area (Å²) in [5, 5.41) is 9.90. The molecule has 3 heterocycles. The van der Waals surface area contributed by atoms with E-state index < -0.39 is 53.5 Å². The van der Waals surface area contributed by atoms with E-state index in [1.54, 1.807) is 0 Å². The molecule has 9 heteroatoms. The van der Waals surface area contributed by atoms with Gasteiger partial charge in [0, 0.05) is 18.4 Å². The van der Waals surface area contributed by atoms with E-state index in [9.17, 15) is 29.1 Å². The van der Waals surface area contributed by atoms with Crippen LogP contribution >= 0.6 is 0 Å². The van der Waals surface area contributed by atoms with Gasteiger partial charge in [-0.15, -0.1) is 0 Å². The molecule has 3 aliphatic heterocycles. The van der Waals surface area contributed by atoms with Crippen LogP contribution in [0, 0.1) is 23.2 Å². The number of carboxylic acid groups (broad SMARTS) is 1. The Morgan fingerprint density at radius 1 is 1.05 bits per heavy atom. The number of carbonyl (C=O) groups is 5. The Bertz CT molecular complexity index is 1250. The summed E-state index contributed by atoms with van der Waals surface area (Å²) in [6.45, 7) is 3.86. The van der Waals surface area contributed by atoms with Crippen molar-refractivity contribution in [1.82, 2.24) is 0 Å². The van der Waals surface area contributed by atoms with E-state index in [0.717, 1.165) is 32.1 Å². The average Bonchev–Trinajstić information content (AvgIpc) is 3.25. The number of esters is 3. The van der Waals surface area contributed by atoms with Crippen molar-refractivity contribution in [3.8, 4) is 0 Å². The molecule has 9 nitrogen and oxygen atoms in total. The maximum atomic E-state index is 13.7. The van der Waals surface area contributed by atoms with E-state index >= 15 is 0 Å². The Kier molecular flexibility index (Phi) is 7.70. The van der Waals surface area contributed by atoms with Gasteiger partial charge in [0.25, 0.3) is 0 Å². The predicted molar refractivity (Wildman–Crippen MR) is 141 cm³/mol. The summed E-state index contributed by atoms with van der Waals surface area (Å²) in [6.07, 6.45) is 13.6. The number of carbonyl (C=O) groups excluding carboxylic acids is 4. The fraction of sp³-hybridized carbons (Fsp3) is 0.581. The highest BCUT2D eigenvalue weighted by atomic mass is 16.7. The maximum absolute atomic E-state index is 13.7. The molecule has 1 spiro atoms. The van der Waals surface area contributed by atoms with Crippen molar-refractivity contribution in [2.75, 3.05) is 0 Å². The van der Waals surface area contributed by atoms with Gasteiger partial charge in [0.1, 0.15) is 11.5 Å². The van der Waals surface area contributed by atoms with E-state index in [0.29, 0.717) is 18.4 Å². The number of carboxylic acids is 1. The van der Waals surface area contributed by atoms with Crippen molar-refractivity contribution in [2.24, 2.45) is 23.2 Å². The highest BCUT2D eigenvalue weighted by Crippen LogP contribution is 2.67. The largest absolute Gasteiger partial charge is 0.481 e. The van der Waals surface area contributed by atoms with Gasteiger partial charge < -0.3 is 19.3 Å². The molecule has 0 saturated carbocycles. The van der Waals surface area contributed by atoms with Crippen LogP contribution in [-0.4, -0.2) is 46.7 Å². The predicted octanol–water partition coefficient (Wildman–Crippen LogP) is 4.51. The molecule has 2 fully saturated rings. The first-order valence-corrected chi connectivity index (χ1v) is 14.3. The van der Waals surface area contributed by atoms with Crippen molar-refractivity contribution in [3.05, 3.63) is 47.1 Å². The number of unbranched alkanes of at least 4 members (excludes halogenated alkanes) is 3. The van der Waals surface area contributed by atoms with Gasteiger partial charge in [0.15, 0.2) is 5.78 Å². The van der Waals surface area contributed by atoms with E-state index in [4.69, 9.17) is 14.2 Å². The first kappa shape index (κ1) is 28.2. The number of hydrogen-bond acceptors (Lipinski definition) is 8. The van der Waals surface area contributed by atoms with Crippen molar-refractivity contribution >= 4 is 29.7 Å². The molecule has 214 valence electrons. The highest BCUT2D eigenvalue weighted by molar-refractivity contribution is 6.14. The second kappa shape index (κ2) is 10.9. The number of allylic oxidation sites excluding steroid dienone is 5. The second-order valence-electron chi connectivity index (χ2n) is 11.5. The maximum Gasteiger partial charge on any atom is 0.343 e. The van der Waals surface area contributed by atoms with Crippen molar-refractivity contribution < 1.29 is 43.3 Å². The topological polar surface area (TPSA) is 133 Å². The molecule has 5 aliphatic rings. The van der Waals surface area contributed by atoms with Crippen molar-refractivity contribution in [1.29, 1.82) is 0 Å². The van der Waals surface area contributed by atoms with E-state index in [-0.39, 0.29) is 41.6 Å². The van der Waals surface area contributed by atoms with Gasteiger partial charge in [-0.2, -0.15) is 0 Å². The van der Waals surface area contributed by atoms with Crippen LogP contribution < -0.4 is 0 Å². The number of ether oxygens (including phenoxy) is 3. The van der Waals surface area contributed by atoms with Gasteiger partial charge in [0.05, 0.1) is 23.5 Å². The summed E-state index contributed by atoms with van der Waals surface area (Å²) in [5.74, 6) is -7.03. The van der Waals surface area contributed by atoms with E-state index in [1.807, 2.05) is 38.2 Å². The molecule has 0 unspecified atom stereocenters. The van der Waals surface area contributed by atoms with Crippen molar-refractivity contribution in [3.63, 3.8) is 0 Å². The van der Waals surface area contributed by atoms with Crippen LogP contribution in [0.25, 0.3) is 0 Å². The Morgan fingerprint density at radius 3 is 2.52 bits per heavy atom. The molecule has 6 atom stereocenters. The van der Waals surface area contributed by atoms with Crippen LogP contribution in [0.5, 0.6) is 0 Å². The van der Waals surface area contributed by atoms with Gasteiger partial charge in [-0.3, -0.25) is 14.4 Å². The molecule has 0 radical (unpaired) electrons. The fourth-order valence-electron chi connectivity index (χ4n) is 7.40. The zero-order valence-electron chi connectivity index (χ0n) is 23.0. The van der Waals surface area contributed by atoms with Gasteiger partial charge in [0.2, 0.25) is 5.79 Å². The lowest BCUT2D eigenvalue weighted by molar-refractivity contribution is -0.268. The number of hydrogen-bond donors (Lipinski definition) is 1. The van der Waals surface area contributed by atoms with Crippen LogP contribution in [0.1, 0.15) is 78.1 Å². The monoisotopic (exact) mass is 552 g/mol. The van der Waals surface area contributed by atoms with E-state index in [1.165, 1.54) is 0 Å². The third kappa shape index (κ3) is 4.48. The third-order valence-corrected chi connectivity index (χ3v) is 9.11. The lowest BCUT2D eigenvalue weighted by atomic mass is 9.59. The normalized spacial score (nSPS) is 34.1. The van der Waals surface area contributed by atoms with Gasteiger partial charge >= 0.3 is 23.9 Å². The average molecular weight is 553 g/mol. The first-order valence-electron chi connectivity index (χ1n) is 14.3. The van der Waals surface area contributed by atoms with Gasteiger partial charge in [-0.1, -0.05) is 43.2 Å². The molecular weight excluding hydrogens is 516 g/mol. The molecule has 40 heavy (non-hydrogen) atoms. The Hall–Kier alpha value is -3.33. The lowest BCUT2D eigenvalue weighted by Gasteiger charge is -2.52. The molecule has 2 saturated heterocycles. The zero-order chi connectivity index (χ0) is 28.7. The summed E-state index contributed by atoms with van der Waals surface area (Å²) in [4.78, 5) is 65.1. The molecular formula is C31H36O9. The molecule has 0 aromatic heterocycles. The van der Waals surface area contributed by atoms with E-state index in [2.05, 4.69) is 6.08 Å². The second-order valence-corrected chi connectivity index (χ2v) is 11.5. The minimum Gasteiger partial charge on any atom is -0.481 e. The lowest BCUT2D eigenvalue weighted by Crippen LogP contribution is -2.59. The summed E-state index contributed by atoms with van der Waals surface area (Å²) >= 11 is 0. The molecule has 5 bridgehead atoms. The van der Waals surface area contributed by atoms with Crippen LogP contribution in [0.3, 0.4) is 0 Å². The number of Topliss-reactive ketones (excluding diaryl/α,β-unsaturated/α-hetero) is 1. The molecule has 0 amide bonds. The number of cyclic esters (lactones) is 2. The molecule has 1 N–H and O–H groups in total. The minimum atomic E-state index is -1.82. The third-order valence-electron chi connectivity index (χ3n) is 9.11. The van der Waals surface area contributed by atoms with Crippen molar-refractivity contribution in [2.45, 2.75) is 89.9 Å². The fourth-order valence-corrected chi connectivity index (χ4v) is 7.40. The number of rotatable bonds is 12. The van der Waals surface area contributed by atoms with Crippen LogP contribution in [-0.2, 0) is 38.2 Å². The molecule has 2 aliphatic carbocycles. The standard InChI is InChI=1S/C31H36O9/c1-3-5-7-8-9-11-12-18-14-23-30(17-24(33)34)16-20-25(28(36)38-27(20)35)26-19(18)15-22(21(32)13-10-6-4-2)39-31(23,26)40-29(30)37/h3-6,14,18-19,22,26H,7-13,15-17H2,1-2H3,(H,33,34)/b5-3+,6-4+/t18-,19+,22-,26+,30-,31+/m0/s1. The van der Waals surface area contributed by atoms with Gasteiger partial charge in [-0.05, 0) is 57.8 Å². The molecule has 5 rings (SSSR count). The van der Waals surface area contributed by atoms with Crippen LogP contribution in [0.2, 0.25) is 0 Å². The number of aliphatic carboxylic acids is 1. The molecule has 0 aromatic carbocycles. The summed E-state index contributed by atoms with van der Waals surface area (Å²) in [7, 11) is 0. The summed E-state index contributed by atoms with van der Waals surface area (Å²) in [6, 6.07) is 0. The summed E-state index contributed by atoms with van der Waals surface area (Å²) < 4.78 is 17.4. The summed E-state index contributed by atoms with van der Waals surface area (Å²) in [5.41, 5.74) is -1.25.